The van der Waals surface area contributed by atoms with Crippen molar-refractivity contribution in [3.8, 4) is 17.2 Å². The molecule has 0 spiro atoms. The maximum Gasteiger partial charge on any atom is 0.270 e. The molecule has 0 aliphatic heterocycles. The van der Waals surface area contributed by atoms with E-state index in [0.29, 0.717) is 11.3 Å². The molecule has 2 aromatic carbocycles. The summed E-state index contributed by atoms with van der Waals surface area (Å²) in [6.07, 6.45) is -0.746. The van der Waals surface area contributed by atoms with Crippen LogP contribution in [-0.2, 0) is 4.79 Å². The Morgan fingerprint density at radius 3 is 2.46 bits per heavy atom. The zero-order valence-electron chi connectivity index (χ0n) is 14.6. The van der Waals surface area contributed by atoms with Gasteiger partial charge in [0.15, 0.2) is 6.10 Å². The Bertz CT molecular complexity index is 902. The number of aromatic nitrogens is 2. The topological polar surface area (TPSA) is 77.2 Å². The van der Waals surface area contributed by atoms with Crippen molar-refractivity contribution in [2.45, 2.75) is 26.9 Å². The van der Waals surface area contributed by atoms with Crippen LogP contribution >= 0.6 is 0 Å². The highest BCUT2D eigenvalue weighted by Crippen LogP contribution is 2.20. The first-order valence-corrected chi connectivity index (χ1v) is 8.06. The molecule has 6 nitrogen and oxygen atoms in total. The molecule has 0 saturated heterocycles. The van der Waals surface area contributed by atoms with E-state index in [1.165, 1.54) is 24.3 Å². The predicted molar refractivity (Wildman–Crippen MR) is 94.3 cm³/mol. The van der Waals surface area contributed by atoms with Crippen molar-refractivity contribution >= 4 is 11.9 Å². The van der Waals surface area contributed by atoms with Crippen molar-refractivity contribution in [2.24, 2.45) is 0 Å². The lowest BCUT2D eigenvalue weighted by Gasteiger charge is -2.14. The van der Waals surface area contributed by atoms with Gasteiger partial charge in [-0.25, -0.2) is 4.39 Å². The lowest BCUT2D eigenvalue weighted by molar-refractivity contribution is -0.122. The molecule has 1 atom stereocenters. The van der Waals surface area contributed by atoms with Crippen LogP contribution in [-0.4, -0.2) is 22.2 Å². The number of halogens is 1. The van der Waals surface area contributed by atoms with E-state index in [2.05, 4.69) is 15.5 Å². The molecule has 7 heteroatoms. The average Bonchev–Trinajstić information content (AvgIpc) is 3.03. The molecule has 1 aromatic heterocycles. The van der Waals surface area contributed by atoms with Gasteiger partial charge in [0.05, 0.1) is 0 Å². The van der Waals surface area contributed by atoms with Crippen molar-refractivity contribution in [3.05, 3.63) is 59.4 Å². The van der Waals surface area contributed by atoms with Gasteiger partial charge >= 0.3 is 0 Å². The van der Waals surface area contributed by atoms with Crippen LogP contribution in [0.2, 0.25) is 0 Å². The highest BCUT2D eigenvalue weighted by atomic mass is 19.1. The van der Waals surface area contributed by atoms with Gasteiger partial charge in [-0.05, 0) is 73.5 Å². The fourth-order valence-corrected chi connectivity index (χ4v) is 2.45. The summed E-state index contributed by atoms with van der Waals surface area (Å²) in [6, 6.07) is 11.3. The Hall–Kier alpha value is -3.22. The first-order valence-electron chi connectivity index (χ1n) is 8.06. The molecule has 134 valence electrons. The van der Waals surface area contributed by atoms with Gasteiger partial charge in [0.2, 0.25) is 0 Å². The van der Waals surface area contributed by atoms with E-state index in [1.54, 1.807) is 6.92 Å². The Morgan fingerprint density at radius 2 is 1.81 bits per heavy atom. The van der Waals surface area contributed by atoms with Crippen LogP contribution in [0.5, 0.6) is 5.75 Å². The summed E-state index contributed by atoms with van der Waals surface area (Å²) in [5, 5.41) is 6.24. The minimum absolute atomic E-state index is 0.0187. The first-order chi connectivity index (χ1) is 12.4. The number of amides is 1. The van der Waals surface area contributed by atoms with E-state index >= 15 is 0 Å². The normalized spacial score (nSPS) is 11.8. The highest BCUT2D eigenvalue weighted by molar-refractivity contribution is 5.92. The van der Waals surface area contributed by atoms with Gasteiger partial charge in [0, 0.05) is 5.56 Å². The number of hydrogen-bond acceptors (Lipinski definition) is 5. The summed E-state index contributed by atoms with van der Waals surface area (Å²) in [5.41, 5.74) is 2.66. The molecule has 0 unspecified atom stereocenters. The van der Waals surface area contributed by atoms with E-state index in [-0.39, 0.29) is 17.7 Å². The molecule has 1 N–H and O–H groups in total. The van der Waals surface area contributed by atoms with Gasteiger partial charge in [0.1, 0.15) is 11.6 Å². The second-order valence-corrected chi connectivity index (χ2v) is 6.00. The summed E-state index contributed by atoms with van der Waals surface area (Å²) in [5.74, 6) is 0.0495. The third-order valence-electron chi connectivity index (χ3n) is 3.63. The molecular weight excluding hydrogens is 337 g/mol. The Morgan fingerprint density at radius 1 is 1.15 bits per heavy atom. The molecule has 0 radical (unpaired) electrons. The van der Waals surface area contributed by atoms with Crippen LogP contribution in [0.4, 0.5) is 10.3 Å². The van der Waals surface area contributed by atoms with Gasteiger partial charge in [-0.15, -0.1) is 0 Å². The maximum atomic E-state index is 13.0. The molecule has 1 heterocycles. The smallest absolute Gasteiger partial charge is 0.270 e. The van der Waals surface area contributed by atoms with Crippen molar-refractivity contribution in [1.82, 2.24) is 10.1 Å². The van der Waals surface area contributed by atoms with Crippen LogP contribution < -0.4 is 10.1 Å². The van der Waals surface area contributed by atoms with Gasteiger partial charge in [0.25, 0.3) is 17.7 Å². The number of nitrogens with zero attached hydrogens (tertiary/aromatic N) is 2. The standard InChI is InChI=1S/C19H18FN3O3/c1-11-8-12(2)10-16(9-11)25-13(3)17(24)21-19-22-18(26-23-19)14-4-6-15(20)7-5-14/h4-10,13H,1-3H3,(H,21,23,24)/t13-/m1/s1. The molecule has 1 amide bonds. The molecule has 0 aliphatic rings. The van der Waals surface area contributed by atoms with Crippen LogP contribution in [0.3, 0.4) is 0 Å². The predicted octanol–water partition coefficient (Wildman–Crippen LogP) is 3.90. The SMILES string of the molecule is Cc1cc(C)cc(O[C@H](C)C(=O)Nc2noc(-c3ccc(F)cc3)n2)c1. The highest BCUT2D eigenvalue weighted by Gasteiger charge is 2.18. The van der Waals surface area contributed by atoms with Gasteiger partial charge in [-0.2, -0.15) is 4.98 Å². The maximum absolute atomic E-state index is 13.0. The van der Waals surface area contributed by atoms with Gasteiger partial charge in [-0.1, -0.05) is 6.07 Å². The minimum atomic E-state index is -0.746. The zero-order valence-corrected chi connectivity index (χ0v) is 14.6. The fourth-order valence-electron chi connectivity index (χ4n) is 2.45. The number of ether oxygens (including phenoxy) is 1. The summed E-state index contributed by atoms with van der Waals surface area (Å²) >= 11 is 0. The lowest BCUT2D eigenvalue weighted by Crippen LogP contribution is -2.30. The Labute approximate surface area is 150 Å². The van der Waals surface area contributed by atoms with Crippen molar-refractivity contribution < 1.29 is 18.4 Å². The summed E-state index contributed by atoms with van der Waals surface area (Å²) < 4.78 is 23.7. The molecule has 0 aliphatic carbocycles. The molecule has 26 heavy (non-hydrogen) atoms. The number of rotatable bonds is 5. The largest absolute Gasteiger partial charge is 0.481 e. The Kier molecular flexibility index (Phi) is 4.97. The molecule has 3 aromatic rings. The summed E-state index contributed by atoms with van der Waals surface area (Å²) in [4.78, 5) is 16.3. The molecule has 0 saturated carbocycles. The molecule has 0 bridgehead atoms. The third-order valence-corrected chi connectivity index (χ3v) is 3.63. The van der Waals surface area contributed by atoms with Crippen LogP contribution in [0, 0.1) is 19.7 Å². The first kappa shape index (κ1) is 17.6. The number of aryl methyl sites for hydroxylation is 2. The molecule has 3 rings (SSSR count). The Balaban J connectivity index is 1.65. The van der Waals surface area contributed by atoms with E-state index in [4.69, 9.17) is 9.26 Å². The average molecular weight is 355 g/mol. The number of anilines is 1. The third kappa shape index (κ3) is 4.24. The number of carbonyl (C=O) groups is 1. The number of nitrogens with one attached hydrogen (secondary N) is 1. The summed E-state index contributed by atoms with van der Waals surface area (Å²) in [7, 11) is 0. The quantitative estimate of drug-likeness (QED) is 0.751. The second-order valence-electron chi connectivity index (χ2n) is 6.00. The summed E-state index contributed by atoms with van der Waals surface area (Å²) in [6.45, 7) is 5.55. The van der Waals surface area contributed by atoms with Crippen molar-refractivity contribution in [2.75, 3.05) is 5.32 Å². The van der Waals surface area contributed by atoms with Gasteiger partial charge < -0.3 is 9.26 Å². The number of benzene rings is 2. The van der Waals surface area contributed by atoms with Crippen molar-refractivity contribution in [3.63, 3.8) is 0 Å². The van der Waals surface area contributed by atoms with E-state index in [0.717, 1.165) is 11.1 Å². The monoisotopic (exact) mass is 355 g/mol. The fraction of sp³-hybridized carbons (Fsp3) is 0.211. The number of carbonyl (C=O) groups excluding carboxylic acids is 1. The lowest BCUT2D eigenvalue weighted by atomic mass is 10.1. The van der Waals surface area contributed by atoms with E-state index in [9.17, 15) is 9.18 Å². The van der Waals surface area contributed by atoms with Crippen LogP contribution in [0.15, 0.2) is 47.0 Å². The van der Waals surface area contributed by atoms with E-state index in [1.807, 2.05) is 32.0 Å². The van der Waals surface area contributed by atoms with Crippen LogP contribution in [0.25, 0.3) is 11.5 Å². The zero-order chi connectivity index (χ0) is 18.7. The molecular formula is C19H18FN3O3. The molecule has 0 fully saturated rings. The second kappa shape index (κ2) is 7.35. The minimum Gasteiger partial charge on any atom is -0.481 e. The van der Waals surface area contributed by atoms with Crippen LogP contribution in [0.1, 0.15) is 18.1 Å². The van der Waals surface area contributed by atoms with E-state index < -0.39 is 12.0 Å². The van der Waals surface area contributed by atoms with Gasteiger partial charge in [-0.3, -0.25) is 10.1 Å². The van der Waals surface area contributed by atoms with Crippen molar-refractivity contribution in [1.29, 1.82) is 0 Å². The number of hydrogen-bond donors (Lipinski definition) is 1.